The predicted molar refractivity (Wildman–Crippen MR) is 45.4 cm³/mol. The summed E-state index contributed by atoms with van der Waals surface area (Å²) in [6.45, 7) is -2.63. The van der Waals surface area contributed by atoms with Crippen molar-refractivity contribution < 1.29 is 8.78 Å². The average Bonchev–Trinajstić information content (AvgIpc) is 2.46. The zero-order chi connectivity index (χ0) is 9.42. The lowest BCUT2D eigenvalue weighted by Gasteiger charge is -2.00. The molecule has 2 rings (SSSR count). The molecule has 0 amide bonds. The van der Waals surface area contributed by atoms with Crippen molar-refractivity contribution in [2.45, 2.75) is 6.55 Å². The molecule has 0 saturated heterocycles. The number of benzene rings is 1. The summed E-state index contributed by atoms with van der Waals surface area (Å²) in [5.41, 5.74) is 6.28. The molecular formula is C8H7F2N3. The van der Waals surface area contributed by atoms with Crippen molar-refractivity contribution in [3.63, 3.8) is 0 Å². The van der Waals surface area contributed by atoms with Crippen molar-refractivity contribution in [1.82, 2.24) is 9.78 Å². The van der Waals surface area contributed by atoms with Gasteiger partial charge >= 0.3 is 6.55 Å². The third-order valence-electron chi connectivity index (χ3n) is 1.81. The first-order valence-corrected chi connectivity index (χ1v) is 3.69. The number of rotatable bonds is 1. The first-order valence-electron chi connectivity index (χ1n) is 3.69. The zero-order valence-electron chi connectivity index (χ0n) is 6.61. The zero-order valence-corrected chi connectivity index (χ0v) is 6.61. The van der Waals surface area contributed by atoms with Crippen LogP contribution in [0, 0.1) is 0 Å². The molecule has 2 N–H and O–H groups in total. The highest BCUT2D eigenvalue weighted by molar-refractivity contribution is 5.81. The molecule has 0 bridgehead atoms. The predicted octanol–water partition coefficient (Wildman–Crippen LogP) is 2.01. The van der Waals surface area contributed by atoms with Gasteiger partial charge in [0.15, 0.2) is 0 Å². The van der Waals surface area contributed by atoms with Gasteiger partial charge in [-0.1, -0.05) is 0 Å². The van der Waals surface area contributed by atoms with Gasteiger partial charge in [-0.05, 0) is 18.2 Å². The summed E-state index contributed by atoms with van der Waals surface area (Å²) < 4.78 is 25.3. The Morgan fingerprint density at radius 3 is 2.85 bits per heavy atom. The van der Waals surface area contributed by atoms with E-state index in [0.29, 0.717) is 21.3 Å². The highest BCUT2D eigenvalue weighted by Gasteiger charge is 2.10. The molecule has 0 saturated carbocycles. The molecule has 1 aromatic carbocycles. The Labute approximate surface area is 72.8 Å². The minimum Gasteiger partial charge on any atom is -0.399 e. The maximum Gasteiger partial charge on any atom is 0.333 e. The summed E-state index contributed by atoms with van der Waals surface area (Å²) in [5.74, 6) is 0. The number of fused-ring (bicyclic) bond motifs is 1. The van der Waals surface area contributed by atoms with Gasteiger partial charge in [-0.25, -0.2) is 4.68 Å². The third-order valence-corrected chi connectivity index (χ3v) is 1.81. The van der Waals surface area contributed by atoms with Crippen LogP contribution in [-0.4, -0.2) is 9.78 Å². The van der Waals surface area contributed by atoms with Gasteiger partial charge in [-0.3, -0.25) is 0 Å². The van der Waals surface area contributed by atoms with Gasteiger partial charge in [-0.2, -0.15) is 13.9 Å². The monoisotopic (exact) mass is 183 g/mol. The van der Waals surface area contributed by atoms with E-state index in [0.717, 1.165) is 0 Å². The van der Waals surface area contributed by atoms with E-state index in [4.69, 9.17) is 5.73 Å². The first-order chi connectivity index (χ1) is 6.18. The molecule has 13 heavy (non-hydrogen) atoms. The minimum absolute atomic E-state index is 0.356. The third kappa shape index (κ3) is 1.22. The number of nitrogens with zero attached hydrogens (tertiary/aromatic N) is 2. The number of halogens is 2. The van der Waals surface area contributed by atoms with Crippen LogP contribution in [0.2, 0.25) is 0 Å². The Morgan fingerprint density at radius 2 is 2.15 bits per heavy atom. The smallest absolute Gasteiger partial charge is 0.333 e. The Hall–Kier alpha value is -1.65. The van der Waals surface area contributed by atoms with Gasteiger partial charge in [0.1, 0.15) is 0 Å². The SMILES string of the molecule is Nc1ccc2cnn(C(F)F)c2c1. The largest absolute Gasteiger partial charge is 0.399 e. The summed E-state index contributed by atoms with van der Waals surface area (Å²) >= 11 is 0. The normalized spacial score (nSPS) is 11.3. The molecule has 3 nitrogen and oxygen atoms in total. The summed E-state index contributed by atoms with van der Waals surface area (Å²) in [6, 6.07) is 4.80. The molecule has 0 spiro atoms. The summed E-state index contributed by atoms with van der Waals surface area (Å²) in [5, 5.41) is 4.21. The van der Waals surface area contributed by atoms with E-state index in [1.807, 2.05) is 0 Å². The maximum absolute atomic E-state index is 12.3. The molecule has 1 aromatic heterocycles. The Bertz CT molecular complexity index is 436. The first kappa shape index (κ1) is 7.97. The van der Waals surface area contributed by atoms with Crippen LogP contribution in [-0.2, 0) is 0 Å². The van der Waals surface area contributed by atoms with Crippen molar-refractivity contribution in [3.05, 3.63) is 24.4 Å². The van der Waals surface area contributed by atoms with E-state index in [-0.39, 0.29) is 0 Å². The molecule has 5 heteroatoms. The lowest BCUT2D eigenvalue weighted by molar-refractivity contribution is 0.0615. The van der Waals surface area contributed by atoms with Crippen molar-refractivity contribution in [2.75, 3.05) is 5.73 Å². The second-order valence-electron chi connectivity index (χ2n) is 2.69. The second-order valence-corrected chi connectivity index (χ2v) is 2.69. The van der Waals surface area contributed by atoms with E-state index in [9.17, 15) is 8.78 Å². The average molecular weight is 183 g/mol. The number of nitrogen functional groups attached to an aromatic ring is 1. The Morgan fingerprint density at radius 1 is 1.38 bits per heavy atom. The van der Waals surface area contributed by atoms with Crippen molar-refractivity contribution in [3.8, 4) is 0 Å². The molecule has 2 aromatic rings. The summed E-state index contributed by atoms with van der Waals surface area (Å²) in [7, 11) is 0. The van der Waals surface area contributed by atoms with Crippen molar-refractivity contribution in [2.24, 2.45) is 0 Å². The van der Waals surface area contributed by atoms with Gasteiger partial charge in [0.2, 0.25) is 0 Å². The number of hydrogen-bond donors (Lipinski definition) is 1. The summed E-state index contributed by atoms with van der Waals surface area (Å²) in [6.07, 6.45) is 1.39. The molecule has 68 valence electrons. The Kier molecular flexibility index (Phi) is 1.65. The molecular weight excluding hydrogens is 176 g/mol. The quantitative estimate of drug-likeness (QED) is 0.687. The number of aromatic nitrogens is 2. The maximum atomic E-state index is 12.3. The summed E-state index contributed by atoms with van der Waals surface area (Å²) in [4.78, 5) is 0. The van der Waals surface area contributed by atoms with E-state index in [1.165, 1.54) is 12.3 Å². The number of alkyl halides is 2. The molecule has 0 radical (unpaired) electrons. The topological polar surface area (TPSA) is 43.8 Å². The fraction of sp³-hybridized carbons (Fsp3) is 0.125. The van der Waals surface area contributed by atoms with Crippen LogP contribution in [0.5, 0.6) is 0 Å². The number of anilines is 1. The molecule has 0 unspecified atom stereocenters. The van der Waals surface area contributed by atoms with Gasteiger partial charge in [0.25, 0.3) is 0 Å². The molecule has 0 aliphatic carbocycles. The van der Waals surface area contributed by atoms with E-state index < -0.39 is 6.55 Å². The van der Waals surface area contributed by atoms with Gasteiger partial charge < -0.3 is 5.73 Å². The lowest BCUT2D eigenvalue weighted by Crippen LogP contribution is -1.99. The molecule has 1 heterocycles. The molecule has 0 aliphatic rings. The van der Waals surface area contributed by atoms with Gasteiger partial charge in [0, 0.05) is 11.1 Å². The Balaban J connectivity index is 2.71. The van der Waals surface area contributed by atoms with Crippen LogP contribution in [0.3, 0.4) is 0 Å². The molecule has 0 fully saturated rings. The second kappa shape index (κ2) is 2.69. The van der Waals surface area contributed by atoms with E-state index >= 15 is 0 Å². The molecule has 0 aliphatic heterocycles. The minimum atomic E-state index is -2.63. The van der Waals surface area contributed by atoms with E-state index in [2.05, 4.69) is 5.10 Å². The van der Waals surface area contributed by atoms with Gasteiger partial charge in [0.05, 0.1) is 11.7 Å². The van der Waals surface area contributed by atoms with Crippen molar-refractivity contribution in [1.29, 1.82) is 0 Å². The van der Waals surface area contributed by atoms with Gasteiger partial charge in [-0.15, -0.1) is 0 Å². The van der Waals surface area contributed by atoms with Crippen LogP contribution < -0.4 is 5.73 Å². The highest BCUT2D eigenvalue weighted by atomic mass is 19.3. The fourth-order valence-corrected chi connectivity index (χ4v) is 1.21. The van der Waals surface area contributed by atoms with Crippen molar-refractivity contribution >= 4 is 16.6 Å². The number of hydrogen-bond acceptors (Lipinski definition) is 2. The fourth-order valence-electron chi connectivity index (χ4n) is 1.21. The van der Waals surface area contributed by atoms with E-state index in [1.54, 1.807) is 12.1 Å². The number of nitrogens with two attached hydrogens (primary N) is 1. The molecule has 0 atom stereocenters. The van der Waals surface area contributed by atoms with Crippen LogP contribution in [0.15, 0.2) is 24.4 Å². The standard InChI is InChI=1S/C8H7F2N3/c9-8(10)13-7-3-6(11)2-1-5(7)4-12-13/h1-4,8H,11H2. The van der Waals surface area contributed by atoms with Crippen LogP contribution >= 0.6 is 0 Å². The van der Waals surface area contributed by atoms with Crippen LogP contribution in [0.25, 0.3) is 10.9 Å². The lowest BCUT2D eigenvalue weighted by atomic mass is 10.2. The highest BCUT2D eigenvalue weighted by Crippen LogP contribution is 2.21. The van der Waals surface area contributed by atoms with Crippen LogP contribution in [0.4, 0.5) is 14.5 Å². The van der Waals surface area contributed by atoms with Crippen LogP contribution in [0.1, 0.15) is 6.55 Å².